The third-order valence-electron chi connectivity index (χ3n) is 3.35. The van der Waals surface area contributed by atoms with Crippen molar-refractivity contribution in [2.45, 2.75) is 37.2 Å². The quantitative estimate of drug-likeness (QED) is 0.812. The molecule has 2 rings (SSSR count). The number of ether oxygens (including phenoxy) is 1. The Hall–Kier alpha value is -1.24. The first-order valence-corrected chi connectivity index (χ1v) is 8.19. The van der Waals surface area contributed by atoms with Gasteiger partial charge in [-0.05, 0) is 38.3 Å². The van der Waals surface area contributed by atoms with Crippen LogP contribution in [0.3, 0.4) is 0 Å². The maximum Gasteiger partial charge on any atom is 0.240 e. The van der Waals surface area contributed by atoms with Crippen LogP contribution in [-0.2, 0) is 14.8 Å². The predicted octanol–water partition coefficient (Wildman–Crippen LogP) is 1.74. The van der Waals surface area contributed by atoms with Crippen molar-refractivity contribution in [1.29, 1.82) is 0 Å². The molecule has 1 N–H and O–H groups in total. The summed E-state index contributed by atoms with van der Waals surface area (Å²) < 4.78 is 32.1. The van der Waals surface area contributed by atoms with Crippen LogP contribution in [0.15, 0.2) is 29.2 Å². The molecule has 1 heterocycles. The molecule has 6 heteroatoms. The van der Waals surface area contributed by atoms with Gasteiger partial charge in [0.25, 0.3) is 0 Å². The van der Waals surface area contributed by atoms with Gasteiger partial charge in [-0.1, -0.05) is 12.1 Å². The fourth-order valence-electron chi connectivity index (χ4n) is 2.18. The summed E-state index contributed by atoms with van der Waals surface area (Å²) in [6, 6.07) is 5.95. The van der Waals surface area contributed by atoms with Gasteiger partial charge in [-0.3, -0.25) is 4.79 Å². The van der Waals surface area contributed by atoms with Gasteiger partial charge in [0, 0.05) is 18.7 Å². The van der Waals surface area contributed by atoms with Crippen LogP contribution in [0.25, 0.3) is 0 Å². The van der Waals surface area contributed by atoms with Crippen molar-refractivity contribution in [3.63, 3.8) is 0 Å². The Morgan fingerprint density at radius 3 is 2.60 bits per heavy atom. The molecule has 0 aromatic heterocycles. The topological polar surface area (TPSA) is 72.5 Å². The van der Waals surface area contributed by atoms with Crippen LogP contribution >= 0.6 is 0 Å². The predicted molar refractivity (Wildman–Crippen MR) is 75.2 cm³/mol. The molecule has 1 aromatic carbocycles. The second-order valence-corrected chi connectivity index (χ2v) is 6.67. The molecule has 0 amide bonds. The Morgan fingerprint density at radius 2 is 2.05 bits per heavy atom. The SMILES string of the molecule is CC(=O)c1ccc(S(=O)(=O)NCC[C@H]2CCCO2)cc1. The van der Waals surface area contributed by atoms with Crippen molar-refractivity contribution >= 4 is 15.8 Å². The number of carbonyl (C=O) groups excluding carboxylic acids is 1. The van der Waals surface area contributed by atoms with E-state index < -0.39 is 10.0 Å². The molecule has 1 saturated heterocycles. The normalized spacial score (nSPS) is 19.1. The van der Waals surface area contributed by atoms with Crippen molar-refractivity contribution in [2.75, 3.05) is 13.2 Å². The van der Waals surface area contributed by atoms with Crippen LogP contribution < -0.4 is 4.72 Å². The molecule has 1 aromatic rings. The molecule has 1 fully saturated rings. The Kier molecular flexibility index (Phi) is 4.91. The van der Waals surface area contributed by atoms with Crippen LogP contribution in [0.1, 0.15) is 36.5 Å². The number of sulfonamides is 1. The Balaban J connectivity index is 1.93. The van der Waals surface area contributed by atoms with Gasteiger partial charge in [0.15, 0.2) is 5.78 Å². The summed E-state index contributed by atoms with van der Waals surface area (Å²) >= 11 is 0. The largest absolute Gasteiger partial charge is 0.378 e. The number of rotatable bonds is 6. The zero-order valence-electron chi connectivity index (χ0n) is 11.5. The van der Waals surface area contributed by atoms with Gasteiger partial charge in [-0.2, -0.15) is 0 Å². The van der Waals surface area contributed by atoms with Crippen LogP contribution in [0, 0.1) is 0 Å². The van der Waals surface area contributed by atoms with E-state index in [0.717, 1.165) is 19.4 Å². The third-order valence-corrected chi connectivity index (χ3v) is 4.83. The average molecular weight is 297 g/mol. The Labute approximate surface area is 119 Å². The molecule has 0 radical (unpaired) electrons. The monoisotopic (exact) mass is 297 g/mol. The van der Waals surface area contributed by atoms with Crippen LogP contribution in [0.2, 0.25) is 0 Å². The first kappa shape index (κ1) is 15.2. The van der Waals surface area contributed by atoms with E-state index >= 15 is 0 Å². The highest BCUT2D eigenvalue weighted by Gasteiger charge is 2.18. The van der Waals surface area contributed by atoms with E-state index in [4.69, 9.17) is 4.74 Å². The van der Waals surface area contributed by atoms with Gasteiger partial charge < -0.3 is 4.74 Å². The molecule has 0 unspecified atom stereocenters. The van der Waals surface area contributed by atoms with Crippen LogP contribution in [-0.4, -0.2) is 33.5 Å². The minimum Gasteiger partial charge on any atom is -0.378 e. The van der Waals surface area contributed by atoms with E-state index in [2.05, 4.69) is 4.72 Å². The molecule has 0 saturated carbocycles. The summed E-state index contributed by atoms with van der Waals surface area (Å²) in [4.78, 5) is 11.3. The molecule has 1 aliphatic rings. The highest BCUT2D eigenvalue weighted by molar-refractivity contribution is 7.89. The highest BCUT2D eigenvalue weighted by Crippen LogP contribution is 2.15. The summed E-state index contributed by atoms with van der Waals surface area (Å²) in [7, 11) is -3.51. The first-order chi connectivity index (χ1) is 9.49. The van der Waals surface area contributed by atoms with E-state index in [9.17, 15) is 13.2 Å². The van der Waals surface area contributed by atoms with E-state index in [-0.39, 0.29) is 16.8 Å². The number of carbonyl (C=O) groups is 1. The maximum atomic E-state index is 12.1. The van der Waals surface area contributed by atoms with E-state index in [1.165, 1.54) is 31.2 Å². The standard InChI is InChI=1S/C14H19NO4S/c1-11(16)12-4-6-14(7-5-12)20(17,18)15-9-8-13-3-2-10-19-13/h4-7,13,15H,2-3,8-10H2,1H3/t13-/m1/s1. The van der Waals surface area contributed by atoms with Crippen LogP contribution in [0.4, 0.5) is 0 Å². The number of nitrogens with one attached hydrogen (secondary N) is 1. The lowest BCUT2D eigenvalue weighted by atomic mass is 10.2. The van der Waals surface area contributed by atoms with Crippen molar-refractivity contribution < 1.29 is 17.9 Å². The van der Waals surface area contributed by atoms with Gasteiger partial charge >= 0.3 is 0 Å². The van der Waals surface area contributed by atoms with Gasteiger partial charge in [0.05, 0.1) is 11.0 Å². The molecule has 0 spiro atoms. The molecule has 110 valence electrons. The number of benzene rings is 1. The van der Waals surface area contributed by atoms with Gasteiger partial charge in [0.1, 0.15) is 0 Å². The Morgan fingerprint density at radius 1 is 1.35 bits per heavy atom. The third kappa shape index (κ3) is 3.88. The number of hydrogen-bond acceptors (Lipinski definition) is 4. The molecular formula is C14H19NO4S. The summed E-state index contributed by atoms with van der Waals surface area (Å²) in [6.45, 7) is 2.58. The second kappa shape index (κ2) is 6.47. The maximum absolute atomic E-state index is 12.1. The van der Waals surface area contributed by atoms with E-state index in [1.54, 1.807) is 0 Å². The van der Waals surface area contributed by atoms with Gasteiger partial charge in [0.2, 0.25) is 10.0 Å². The zero-order valence-corrected chi connectivity index (χ0v) is 12.3. The van der Waals surface area contributed by atoms with Crippen molar-refractivity contribution in [3.05, 3.63) is 29.8 Å². The number of hydrogen-bond donors (Lipinski definition) is 1. The van der Waals surface area contributed by atoms with Crippen LogP contribution in [0.5, 0.6) is 0 Å². The molecule has 0 aliphatic carbocycles. The van der Waals surface area contributed by atoms with Gasteiger partial charge in [-0.25, -0.2) is 13.1 Å². The van der Waals surface area contributed by atoms with E-state index in [1.807, 2.05) is 0 Å². The summed E-state index contributed by atoms with van der Waals surface area (Å²) in [5.41, 5.74) is 0.503. The average Bonchev–Trinajstić information content (AvgIpc) is 2.92. The highest BCUT2D eigenvalue weighted by atomic mass is 32.2. The fourth-order valence-corrected chi connectivity index (χ4v) is 3.23. The number of Topliss-reactive ketones (excluding diaryl/α,β-unsaturated/α-hetero) is 1. The lowest BCUT2D eigenvalue weighted by Crippen LogP contribution is -2.27. The zero-order chi connectivity index (χ0) is 14.6. The molecule has 5 nitrogen and oxygen atoms in total. The molecule has 20 heavy (non-hydrogen) atoms. The lowest BCUT2D eigenvalue weighted by Gasteiger charge is -2.10. The Bertz CT molecular complexity index is 559. The first-order valence-electron chi connectivity index (χ1n) is 6.71. The summed E-state index contributed by atoms with van der Waals surface area (Å²) in [5, 5.41) is 0. The van der Waals surface area contributed by atoms with Crippen molar-refractivity contribution in [3.8, 4) is 0 Å². The minimum atomic E-state index is -3.51. The second-order valence-electron chi connectivity index (χ2n) is 4.90. The lowest BCUT2D eigenvalue weighted by molar-refractivity contribution is 0.101. The molecule has 1 aliphatic heterocycles. The molecular weight excluding hydrogens is 278 g/mol. The van der Waals surface area contributed by atoms with Gasteiger partial charge in [-0.15, -0.1) is 0 Å². The smallest absolute Gasteiger partial charge is 0.240 e. The van der Waals surface area contributed by atoms with E-state index in [0.29, 0.717) is 18.5 Å². The van der Waals surface area contributed by atoms with Crippen molar-refractivity contribution in [1.82, 2.24) is 4.72 Å². The molecule has 0 bridgehead atoms. The number of ketones is 1. The summed E-state index contributed by atoms with van der Waals surface area (Å²) in [5.74, 6) is -0.0831. The molecule has 1 atom stereocenters. The minimum absolute atomic E-state index is 0.0831. The van der Waals surface area contributed by atoms with Crippen molar-refractivity contribution in [2.24, 2.45) is 0 Å². The summed E-state index contributed by atoms with van der Waals surface area (Å²) in [6.07, 6.45) is 2.89. The fraction of sp³-hybridized carbons (Fsp3) is 0.500.